The molecule has 106 valence electrons. The third-order valence-corrected chi connectivity index (χ3v) is 3.20. The summed E-state index contributed by atoms with van der Waals surface area (Å²) in [4.78, 5) is 14.3. The Bertz CT molecular complexity index is 675. The van der Waals surface area contributed by atoms with Crippen molar-refractivity contribution in [2.24, 2.45) is 0 Å². The molecule has 2 rings (SSSR count). The van der Waals surface area contributed by atoms with Crippen LogP contribution in [0.2, 0.25) is 0 Å². The lowest BCUT2D eigenvalue weighted by molar-refractivity contribution is 0.0987. The van der Waals surface area contributed by atoms with Gasteiger partial charge in [0.2, 0.25) is 0 Å². The lowest BCUT2D eigenvalue weighted by atomic mass is 10.1. The van der Waals surface area contributed by atoms with Crippen LogP contribution < -0.4 is 4.90 Å². The van der Waals surface area contributed by atoms with Crippen LogP contribution in [0.3, 0.4) is 0 Å². The fraction of sp³-hybridized carbons (Fsp3) is 0.176. The molecule has 0 spiro atoms. The van der Waals surface area contributed by atoms with Crippen molar-refractivity contribution in [2.45, 2.75) is 13.3 Å². The summed E-state index contributed by atoms with van der Waals surface area (Å²) in [6.45, 7) is 2.11. The Morgan fingerprint density at radius 2 is 1.95 bits per heavy atom. The van der Waals surface area contributed by atoms with E-state index in [1.54, 1.807) is 24.0 Å². The summed E-state index contributed by atoms with van der Waals surface area (Å²) in [7, 11) is 0. The molecule has 0 radical (unpaired) electrons. The Balaban J connectivity index is 2.37. The number of carbonyl (C=O) groups is 1. The molecule has 21 heavy (non-hydrogen) atoms. The second kappa shape index (κ2) is 6.58. The summed E-state index contributed by atoms with van der Waals surface area (Å²) in [5.41, 5.74) is 1.98. The van der Waals surface area contributed by atoms with Gasteiger partial charge in [-0.1, -0.05) is 18.2 Å². The van der Waals surface area contributed by atoms with E-state index >= 15 is 0 Å². The van der Waals surface area contributed by atoms with E-state index in [2.05, 4.69) is 6.07 Å². The Kier molecular flexibility index (Phi) is 4.57. The quantitative estimate of drug-likeness (QED) is 0.934. The van der Waals surface area contributed by atoms with Crippen molar-refractivity contribution in [3.8, 4) is 11.8 Å². The van der Waals surface area contributed by atoms with Crippen LogP contribution in [0.1, 0.15) is 22.3 Å². The minimum absolute atomic E-state index is 0.132. The van der Waals surface area contributed by atoms with Gasteiger partial charge in [-0.25, -0.2) is 0 Å². The van der Waals surface area contributed by atoms with Crippen LogP contribution in [-0.4, -0.2) is 17.6 Å². The standard InChI is InChI=1S/C17H16N2O2/c1-13-12-15(20)8-9-16(13)17(21)19(11-5-10-18)14-6-3-2-4-7-14/h2-4,6-9,12,20H,5,11H2,1H3. The number of nitrogens with zero attached hydrogens (tertiary/aromatic N) is 2. The molecule has 0 unspecified atom stereocenters. The Morgan fingerprint density at radius 3 is 2.57 bits per heavy atom. The number of hydrogen-bond donors (Lipinski definition) is 1. The van der Waals surface area contributed by atoms with E-state index in [0.717, 1.165) is 5.69 Å². The Morgan fingerprint density at radius 1 is 1.24 bits per heavy atom. The van der Waals surface area contributed by atoms with E-state index in [-0.39, 0.29) is 18.1 Å². The summed E-state index contributed by atoms with van der Waals surface area (Å²) in [5.74, 6) is -0.0405. The highest BCUT2D eigenvalue weighted by Crippen LogP contribution is 2.21. The molecule has 2 aromatic carbocycles. The number of amides is 1. The van der Waals surface area contributed by atoms with E-state index in [4.69, 9.17) is 5.26 Å². The van der Waals surface area contributed by atoms with Gasteiger partial charge in [0.1, 0.15) is 5.75 Å². The minimum atomic E-state index is -0.172. The molecule has 0 saturated carbocycles. The van der Waals surface area contributed by atoms with E-state index in [0.29, 0.717) is 17.7 Å². The molecule has 1 amide bonds. The SMILES string of the molecule is Cc1cc(O)ccc1C(=O)N(CCC#N)c1ccccc1. The zero-order valence-corrected chi connectivity index (χ0v) is 11.8. The molecule has 0 atom stereocenters. The van der Waals surface area contributed by atoms with Gasteiger partial charge >= 0.3 is 0 Å². The van der Waals surface area contributed by atoms with Crippen LogP contribution in [0.25, 0.3) is 0 Å². The number of phenolic OH excluding ortho intramolecular Hbond substituents is 1. The van der Waals surface area contributed by atoms with Gasteiger partial charge in [0, 0.05) is 17.8 Å². The molecule has 0 aliphatic heterocycles. The van der Waals surface area contributed by atoms with Gasteiger partial charge < -0.3 is 10.0 Å². The number of aryl methyl sites for hydroxylation is 1. The number of anilines is 1. The van der Waals surface area contributed by atoms with Gasteiger partial charge in [0.15, 0.2) is 0 Å². The average Bonchev–Trinajstić information content (AvgIpc) is 2.48. The van der Waals surface area contributed by atoms with Crippen LogP contribution in [0.15, 0.2) is 48.5 Å². The van der Waals surface area contributed by atoms with Crippen LogP contribution in [-0.2, 0) is 0 Å². The number of benzene rings is 2. The van der Waals surface area contributed by atoms with Crippen LogP contribution >= 0.6 is 0 Å². The van der Waals surface area contributed by atoms with Crippen molar-refractivity contribution in [3.05, 3.63) is 59.7 Å². The van der Waals surface area contributed by atoms with Gasteiger partial charge in [-0.05, 0) is 42.8 Å². The highest BCUT2D eigenvalue weighted by Gasteiger charge is 2.19. The van der Waals surface area contributed by atoms with Crippen molar-refractivity contribution in [2.75, 3.05) is 11.4 Å². The minimum Gasteiger partial charge on any atom is -0.508 e. The molecule has 0 heterocycles. The van der Waals surface area contributed by atoms with Gasteiger partial charge in [0.25, 0.3) is 5.91 Å². The predicted molar refractivity (Wildman–Crippen MR) is 81.2 cm³/mol. The monoisotopic (exact) mass is 280 g/mol. The maximum atomic E-state index is 12.7. The number of carbonyl (C=O) groups excluding carboxylic acids is 1. The number of aromatic hydroxyl groups is 1. The first kappa shape index (κ1) is 14.6. The molecular formula is C17H16N2O2. The van der Waals surface area contributed by atoms with Crippen molar-refractivity contribution < 1.29 is 9.90 Å². The van der Waals surface area contributed by atoms with Crippen LogP contribution in [0.5, 0.6) is 5.75 Å². The number of phenols is 1. The van der Waals surface area contributed by atoms with E-state index in [1.165, 1.54) is 6.07 Å². The van der Waals surface area contributed by atoms with Gasteiger partial charge in [-0.15, -0.1) is 0 Å². The molecule has 0 aliphatic carbocycles. The third kappa shape index (κ3) is 3.40. The molecule has 2 aromatic rings. The average molecular weight is 280 g/mol. The summed E-state index contributed by atoms with van der Waals surface area (Å²) in [5, 5.41) is 18.2. The Hall–Kier alpha value is -2.80. The topological polar surface area (TPSA) is 64.3 Å². The molecule has 1 N–H and O–H groups in total. The molecule has 0 aliphatic rings. The fourth-order valence-corrected chi connectivity index (χ4v) is 2.15. The van der Waals surface area contributed by atoms with E-state index < -0.39 is 0 Å². The molecule has 0 saturated heterocycles. The first-order chi connectivity index (χ1) is 10.1. The number of para-hydroxylation sites is 1. The second-order valence-corrected chi connectivity index (χ2v) is 4.70. The fourth-order valence-electron chi connectivity index (χ4n) is 2.15. The molecule has 0 fully saturated rings. The molecule has 4 heteroatoms. The van der Waals surface area contributed by atoms with Crippen LogP contribution in [0.4, 0.5) is 5.69 Å². The highest BCUT2D eigenvalue weighted by atomic mass is 16.3. The van der Waals surface area contributed by atoms with Crippen molar-refractivity contribution in [3.63, 3.8) is 0 Å². The number of hydrogen-bond acceptors (Lipinski definition) is 3. The Labute approximate surface area is 123 Å². The van der Waals surface area contributed by atoms with Gasteiger partial charge in [-0.2, -0.15) is 5.26 Å². The summed E-state index contributed by atoms with van der Waals surface area (Å²) in [6, 6.07) is 16.0. The lowest BCUT2D eigenvalue weighted by Gasteiger charge is -2.22. The van der Waals surface area contributed by atoms with E-state index in [1.807, 2.05) is 30.3 Å². The van der Waals surface area contributed by atoms with Crippen molar-refractivity contribution >= 4 is 11.6 Å². The second-order valence-electron chi connectivity index (χ2n) is 4.70. The van der Waals surface area contributed by atoms with Crippen molar-refractivity contribution in [1.82, 2.24) is 0 Å². The molecule has 0 aromatic heterocycles. The zero-order chi connectivity index (χ0) is 15.2. The maximum Gasteiger partial charge on any atom is 0.258 e. The number of nitriles is 1. The normalized spacial score (nSPS) is 9.90. The maximum absolute atomic E-state index is 12.7. The lowest BCUT2D eigenvalue weighted by Crippen LogP contribution is -2.32. The molecule has 4 nitrogen and oxygen atoms in total. The van der Waals surface area contributed by atoms with Crippen LogP contribution in [0, 0.1) is 18.3 Å². The molecular weight excluding hydrogens is 264 g/mol. The van der Waals surface area contributed by atoms with Gasteiger partial charge in [0.05, 0.1) is 12.5 Å². The van der Waals surface area contributed by atoms with Crippen molar-refractivity contribution in [1.29, 1.82) is 5.26 Å². The largest absolute Gasteiger partial charge is 0.508 e. The van der Waals surface area contributed by atoms with Gasteiger partial charge in [-0.3, -0.25) is 4.79 Å². The zero-order valence-electron chi connectivity index (χ0n) is 11.8. The summed E-state index contributed by atoms with van der Waals surface area (Å²) >= 11 is 0. The smallest absolute Gasteiger partial charge is 0.258 e. The summed E-state index contributed by atoms with van der Waals surface area (Å²) < 4.78 is 0. The highest BCUT2D eigenvalue weighted by molar-refractivity contribution is 6.07. The predicted octanol–water partition coefficient (Wildman–Crippen LogP) is 3.26. The third-order valence-electron chi connectivity index (χ3n) is 3.20. The van der Waals surface area contributed by atoms with E-state index in [9.17, 15) is 9.90 Å². The number of rotatable bonds is 4. The molecule has 0 bridgehead atoms. The summed E-state index contributed by atoms with van der Waals surface area (Å²) in [6.07, 6.45) is 0.262. The first-order valence-corrected chi connectivity index (χ1v) is 6.67. The first-order valence-electron chi connectivity index (χ1n) is 6.67.